The van der Waals surface area contributed by atoms with Gasteiger partial charge in [-0.15, -0.1) is 0 Å². The van der Waals surface area contributed by atoms with Gasteiger partial charge >= 0.3 is 0 Å². The van der Waals surface area contributed by atoms with Gasteiger partial charge in [0.05, 0.1) is 4.90 Å². The van der Waals surface area contributed by atoms with Crippen LogP contribution in [0.2, 0.25) is 5.02 Å². The van der Waals surface area contributed by atoms with E-state index in [0.717, 1.165) is 18.7 Å². The Hall–Kier alpha value is -2.13. The topological polar surface area (TPSA) is 77.0 Å². The number of benzene rings is 2. The number of nitrogens with zero attached hydrogens (tertiary/aromatic N) is 3. The van der Waals surface area contributed by atoms with Crippen LogP contribution in [0, 0.1) is 0 Å². The number of guanidine groups is 1. The maximum absolute atomic E-state index is 13.2. The van der Waals surface area contributed by atoms with Gasteiger partial charge in [0.2, 0.25) is 10.0 Å². The zero-order chi connectivity index (χ0) is 21.6. The Bertz CT molecular complexity index is 988. The first-order valence-corrected chi connectivity index (χ1v) is 11.7. The van der Waals surface area contributed by atoms with E-state index in [9.17, 15) is 8.42 Å². The first kappa shape index (κ1) is 22.6. The lowest BCUT2D eigenvalue weighted by molar-refractivity contribution is 0.222. The molecule has 162 valence electrons. The summed E-state index contributed by atoms with van der Waals surface area (Å²) in [5.41, 5.74) is 1.74. The smallest absolute Gasteiger partial charge is 0.243 e. The normalized spacial score (nSPS) is 16.4. The molecule has 2 aromatic carbocycles. The monoisotopic (exact) mass is 449 g/mol. The molecule has 1 fully saturated rings. The van der Waals surface area contributed by atoms with Crippen molar-refractivity contribution in [2.24, 2.45) is 4.99 Å². The summed E-state index contributed by atoms with van der Waals surface area (Å²) in [7, 11) is 0.145. The fourth-order valence-electron chi connectivity index (χ4n) is 3.30. The van der Waals surface area contributed by atoms with Crippen LogP contribution in [0.1, 0.15) is 11.1 Å². The molecule has 3 rings (SSSR count). The molecule has 1 aliphatic heterocycles. The maximum Gasteiger partial charge on any atom is 0.243 e. The second-order valence-corrected chi connectivity index (χ2v) is 9.57. The van der Waals surface area contributed by atoms with E-state index < -0.39 is 10.0 Å². The van der Waals surface area contributed by atoms with E-state index in [1.807, 2.05) is 43.4 Å². The molecule has 7 nitrogen and oxygen atoms in total. The molecule has 1 aliphatic rings. The number of rotatable bonds is 6. The number of aliphatic imine (C=N–C) groups is 1. The average Bonchev–Trinajstić information content (AvgIpc) is 2.74. The first-order valence-electron chi connectivity index (χ1n) is 9.85. The van der Waals surface area contributed by atoms with E-state index in [2.05, 4.69) is 20.5 Å². The molecule has 2 aromatic rings. The molecule has 0 unspecified atom stereocenters. The van der Waals surface area contributed by atoms with Gasteiger partial charge in [-0.3, -0.25) is 4.99 Å². The number of hydrogen-bond donors (Lipinski definition) is 2. The lowest BCUT2D eigenvalue weighted by Crippen LogP contribution is -2.47. The Morgan fingerprint density at radius 1 is 1.03 bits per heavy atom. The summed E-state index contributed by atoms with van der Waals surface area (Å²) in [6.07, 6.45) is 0. The summed E-state index contributed by atoms with van der Waals surface area (Å²) in [6, 6.07) is 14.7. The molecule has 0 aliphatic carbocycles. The van der Waals surface area contributed by atoms with Crippen LogP contribution in [-0.2, 0) is 23.1 Å². The molecule has 1 saturated heterocycles. The van der Waals surface area contributed by atoms with E-state index in [0.29, 0.717) is 47.6 Å². The minimum Gasteiger partial charge on any atom is -0.352 e. The van der Waals surface area contributed by atoms with Crippen molar-refractivity contribution >= 4 is 27.6 Å². The van der Waals surface area contributed by atoms with Crippen LogP contribution >= 0.6 is 11.6 Å². The SMILES string of the molecule is CN=C(NCc1cccc(Cl)c1)NCc1ccccc1S(=O)(=O)N1CCN(C)CC1. The maximum atomic E-state index is 13.2. The largest absolute Gasteiger partial charge is 0.352 e. The van der Waals surface area contributed by atoms with E-state index in [4.69, 9.17) is 11.6 Å². The number of halogens is 1. The Morgan fingerprint density at radius 3 is 2.43 bits per heavy atom. The Morgan fingerprint density at radius 2 is 1.73 bits per heavy atom. The highest BCUT2D eigenvalue weighted by atomic mass is 35.5. The zero-order valence-corrected chi connectivity index (χ0v) is 18.9. The van der Waals surface area contributed by atoms with Gasteiger partial charge < -0.3 is 15.5 Å². The van der Waals surface area contributed by atoms with Gasteiger partial charge in [0.15, 0.2) is 5.96 Å². The molecule has 30 heavy (non-hydrogen) atoms. The minimum atomic E-state index is -3.54. The van der Waals surface area contributed by atoms with Crippen molar-refractivity contribution in [2.45, 2.75) is 18.0 Å². The number of sulfonamides is 1. The lowest BCUT2D eigenvalue weighted by atomic mass is 10.2. The van der Waals surface area contributed by atoms with E-state index in [1.165, 1.54) is 0 Å². The summed E-state index contributed by atoms with van der Waals surface area (Å²) < 4.78 is 28.0. The Balaban J connectivity index is 1.66. The van der Waals surface area contributed by atoms with Crippen molar-refractivity contribution in [1.82, 2.24) is 19.8 Å². The zero-order valence-electron chi connectivity index (χ0n) is 17.3. The summed E-state index contributed by atoms with van der Waals surface area (Å²) in [4.78, 5) is 6.70. The fraction of sp³-hybridized carbons (Fsp3) is 0.381. The third kappa shape index (κ3) is 5.72. The second-order valence-electron chi connectivity index (χ2n) is 7.22. The predicted octanol–water partition coefficient (Wildman–Crippen LogP) is 2.14. The van der Waals surface area contributed by atoms with Crippen molar-refractivity contribution in [3.8, 4) is 0 Å². The second kappa shape index (κ2) is 10.3. The van der Waals surface area contributed by atoms with E-state index in [-0.39, 0.29) is 0 Å². The van der Waals surface area contributed by atoms with Crippen LogP contribution in [0.25, 0.3) is 0 Å². The van der Waals surface area contributed by atoms with Gasteiger partial charge in [0, 0.05) is 51.3 Å². The van der Waals surface area contributed by atoms with E-state index >= 15 is 0 Å². The Labute approximate surface area is 183 Å². The van der Waals surface area contributed by atoms with Crippen LogP contribution in [-0.4, -0.2) is 63.9 Å². The molecule has 0 bridgehead atoms. The molecule has 9 heteroatoms. The number of nitrogens with one attached hydrogen (secondary N) is 2. The third-order valence-corrected chi connectivity index (χ3v) is 7.31. The van der Waals surface area contributed by atoms with Gasteiger partial charge in [0.1, 0.15) is 0 Å². The van der Waals surface area contributed by atoms with Crippen molar-refractivity contribution in [2.75, 3.05) is 40.3 Å². The first-order chi connectivity index (χ1) is 14.4. The van der Waals surface area contributed by atoms with Crippen LogP contribution in [0.3, 0.4) is 0 Å². The van der Waals surface area contributed by atoms with Crippen LogP contribution in [0.15, 0.2) is 58.4 Å². The number of piperazine rings is 1. The predicted molar refractivity (Wildman–Crippen MR) is 121 cm³/mol. The average molecular weight is 450 g/mol. The molecule has 0 atom stereocenters. The van der Waals surface area contributed by atoms with Gasteiger partial charge in [-0.05, 0) is 36.4 Å². The lowest BCUT2D eigenvalue weighted by Gasteiger charge is -2.32. The molecule has 2 N–H and O–H groups in total. The highest BCUT2D eigenvalue weighted by Crippen LogP contribution is 2.21. The summed E-state index contributed by atoms with van der Waals surface area (Å²) >= 11 is 6.03. The van der Waals surface area contributed by atoms with Crippen LogP contribution in [0.5, 0.6) is 0 Å². The standard InChI is InChI=1S/C21H28ClN5O2S/c1-23-21(24-15-17-6-5-8-19(22)14-17)25-16-18-7-3-4-9-20(18)30(28,29)27-12-10-26(2)11-13-27/h3-9,14H,10-13,15-16H2,1-2H3,(H2,23,24,25). The summed E-state index contributed by atoms with van der Waals surface area (Å²) in [5, 5.41) is 7.11. The van der Waals surface area contributed by atoms with Gasteiger partial charge in [-0.25, -0.2) is 8.42 Å². The van der Waals surface area contributed by atoms with Gasteiger partial charge in [-0.1, -0.05) is 41.9 Å². The summed E-state index contributed by atoms with van der Waals surface area (Å²) in [6.45, 7) is 3.38. The van der Waals surface area contributed by atoms with Crippen molar-refractivity contribution < 1.29 is 8.42 Å². The van der Waals surface area contributed by atoms with Crippen LogP contribution in [0.4, 0.5) is 0 Å². The number of likely N-dealkylation sites (N-methyl/N-ethyl adjacent to an activating group) is 1. The molecular weight excluding hydrogens is 422 g/mol. The quantitative estimate of drug-likeness (QED) is 0.522. The van der Waals surface area contributed by atoms with Crippen molar-refractivity contribution in [3.63, 3.8) is 0 Å². The van der Waals surface area contributed by atoms with E-state index in [1.54, 1.807) is 23.5 Å². The highest BCUT2D eigenvalue weighted by molar-refractivity contribution is 7.89. The van der Waals surface area contributed by atoms with Crippen molar-refractivity contribution in [1.29, 1.82) is 0 Å². The minimum absolute atomic E-state index is 0.340. The molecule has 0 radical (unpaired) electrons. The van der Waals surface area contributed by atoms with Gasteiger partial charge in [-0.2, -0.15) is 4.31 Å². The third-order valence-electron chi connectivity index (χ3n) is 5.07. The molecule has 0 saturated carbocycles. The van der Waals surface area contributed by atoms with Crippen molar-refractivity contribution in [3.05, 3.63) is 64.7 Å². The fourth-order valence-corrected chi connectivity index (χ4v) is 5.16. The molecular formula is C21H28ClN5O2S. The summed E-state index contributed by atoms with van der Waals surface area (Å²) in [5.74, 6) is 0.585. The molecule has 0 aromatic heterocycles. The Kier molecular flexibility index (Phi) is 7.71. The van der Waals surface area contributed by atoms with Gasteiger partial charge in [0.25, 0.3) is 0 Å². The highest BCUT2D eigenvalue weighted by Gasteiger charge is 2.29. The number of hydrogen-bond acceptors (Lipinski definition) is 4. The molecule has 0 amide bonds. The molecule has 0 spiro atoms. The van der Waals surface area contributed by atoms with Crippen LogP contribution < -0.4 is 10.6 Å². The molecule has 1 heterocycles.